The summed E-state index contributed by atoms with van der Waals surface area (Å²) in [5, 5.41) is 0. The van der Waals surface area contributed by atoms with E-state index >= 15 is 0 Å². The van der Waals surface area contributed by atoms with Crippen molar-refractivity contribution in [3.63, 3.8) is 0 Å². The van der Waals surface area contributed by atoms with Gasteiger partial charge in [0.25, 0.3) is 0 Å². The molecule has 0 saturated carbocycles. The molecule has 1 rings (SSSR count). The fourth-order valence-electron chi connectivity index (χ4n) is 2.24. The number of likely N-dealkylation sites (N-methyl/N-ethyl adjacent to an activating group) is 1. The second-order valence-electron chi connectivity index (χ2n) is 6.02. The Morgan fingerprint density at radius 1 is 1.16 bits per heavy atom. The van der Waals surface area contributed by atoms with Gasteiger partial charge in [0, 0.05) is 45.8 Å². The van der Waals surface area contributed by atoms with E-state index in [-0.39, 0.29) is 11.9 Å². The van der Waals surface area contributed by atoms with E-state index in [1.165, 1.54) is 0 Å². The second kappa shape index (κ2) is 7.82. The molecule has 1 amide bonds. The zero-order valence-corrected chi connectivity index (χ0v) is 12.9. The molecule has 5 nitrogen and oxygen atoms in total. The Bertz CT molecular complexity index is 275. The van der Waals surface area contributed by atoms with Crippen LogP contribution in [0.25, 0.3) is 0 Å². The molecule has 0 radical (unpaired) electrons. The summed E-state index contributed by atoms with van der Waals surface area (Å²) in [6, 6.07) is 0.277. The van der Waals surface area contributed by atoms with E-state index in [2.05, 4.69) is 16.7 Å². The molecule has 1 fully saturated rings. The minimum Gasteiger partial charge on any atom is -0.342 e. The number of hydrogen-bond acceptors (Lipinski definition) is 4. The first kappa shape index (κ1) is 16.4. The fraction of sp³-hybridized carbons (Fsp3) is 0.929. The lowest BCUT2D eigenvalue weighted by atomic mass is 10.1. The van der Waals surface area contributed by atoms with Crippen molar-refractivity contribution in [2.45, 2.75) is 26.8 Å². The van der Waals surface area contributed by atoms with Crippen LogP contribution in [0.15, 0.2) is 0 Å². The molecule has 5 heteroatoms. The van der Waals surface area contributed by atoms with E-state index < -0.39 is 0 Å². The summed E-state index contributed by atoms with van der Waals surface area (Å²) in [7, 11) is 1.88. The summed E-state index contributed by atoms with van der Waals surface area (Å²) in [4.78, 5) is 18.5. The van der Waals surface area contributed by atoms with Gasteiger partial charge in [-0.05, 0) is 26.3 Å². The first-order chi connectivity index (χ1) is 8.93. The molecule has 112 valence electrons. The normalized spacial score (nSPS) is 19.7. The Morgan fingerprint density at radius 3 is 2.16 bits per heavy atom. The van der Waals surface area contributed by atoms with E-state index in [4.69, 9.17) is 5.73 Å². The summed E-state index contributed by atoms with van der Waals surface area (Å²) in [5.41, 5.74) is 5.66. The molecule has 19 heavy (non-hydrogen) atoms. The van der Waals surface area contributed by atoms with Crippen molar-refractivity contribution in [1.82, 2.24) is 14.7 Å². The van der Waals surface area contributed by atoms with Crippen LogP contribution in [0.1, 0.15) is 20.8 Å². The molecule has 1 aliphatic heterocycles. The maximum absolute atomic E-state index is 12.0. The van der Waals surface area contributed by atoms with Gasteiger partial charge in [-0.1, -0.05) is 6.92 Å². The largest absolute Gasteiger partial charge is 0.342 e. The van der Waals surface area contributed by atoms with Crippen LogP contribution in [-0.2, 0) is 4.79 Å². The lowest BCUT2D eigenvalue weighted by Crippen LogP contribution is -2.51. The maximum Gasteiger partial charge on any atom is 0.236 e. The number of nitrogens with two attached hydrogens (primary N) is 1. The summed E-state index contributed by atoms with van der Waals surface area (Å²) in [5.74, 6) is 0.777. The van der Waals surface area contributed by atoms with Gasteiger partial charge in [-0.15, -0.1) is 0 Å². The van der Waals surface area contributed by atoms with Crippen LogP contribution in [0.3, 0.4) is 0 Å². The Labute approximate surface area is 117 Å². The Kier molecular flexibility index (Phi) is 6.75. The van der Waals surface area contributed by atoms with Crippen molar-refractivity contribution < 1.29 is 4.79 Å². The summed E-state index contributed by atoms with van der Waals surface area (Å²) in [6.07, 6.45) is 0. The highest BCUT2D eigenvalue weighted by atomic mass is 16.2. The molecular weight excluding hydrogens is 240 g/mol. The van der Waals surface area contributed by atoms with Crippen molar-refractivity contribution in [3.05, 3.63) is 0 Å². The van der Waals surface area contributed by atoms with Crippen LogP contribution in [0.4, 0.5) is 0 Å². The van der Waals surface area contributed by atoms with Crippen molar-refractivity contribution in [3.8, 4) is 0 Å². The molecule has 0 aromatic carbocycles. The highest BCUT2D eigenvalue weighted by Crippen LogP contribution is 2.06. The summed E-state index contributed by atoms with van der Waals surface area (Å²) in [6.45, 7) is 12.7. The predicted octanol–water partition coefficient (Wildman–Crippen LogP) is 0.0656. The van der Waals surface area contributed by atoms with Gasteiger partial charge in [-0.2, -0.15) is 0 Å². The molecule has 1 aliphatic rings. The van der Waals surface area contributed by atoms with Gasteiger partial charge >= 0.3 is 0 Å². The Balaban J connectivity index is 2.28. The SMILES string of the molecule is CC(CN)CN1CCN(CC(=O)N(C)C(C)C)CC1. The minimum atomic E-state index is 0.221. The molecule has 0 spiro atoms. The topological polar surface area (TPSA) is 52.8 Å². The average molecular weight is 270 g/mol. The van der Waals surface area contributed by atoms with Gasteiger partial charge in [0.15, 0.2) is 0 Å². The van der Waals surface area contributed by atoms with Crippen molar-refractivity contribution in [2.24, 2.45) is 11.7 Å². The molecule has 0 aliphatic carbocycles. The summed E-state index contributed by atoms with van der Waals surface area (Å²) >= 11 is 0. The third kappa shape index (κ3) is 5.47. The number of amides is 1. The lowest BCUT2D eigenvalue weighted by Gasteiger charge is -2.36. The third-order valence-corrected chi connectivity index (χ3v) is 3.96. The first-order valence-corrected chi connectivity index (χ1v) is 7.34. The van der Waals surface area contributed by atoms with Gasteiger partial charge < -0.3 is 15.5 Å². The first-order valence-electron chi connectivity index (χ1n) is 7.34. The van der Waals surface area contributed by atoms with E-state index in [1.807, 2.05) is 25.8 Å². The number of rotatable bonds is 6. The maximum atomic E-state index is 12.0. The van der Waals surface area contributed by atoms with Crippen molar-refractivity contribution in [1.29, 1.82) is 0 Å². The van der Waals surface area contributed by atoms with Crippen molar-refractivity contribution in [2.75, 3.05) is 52.9 Å². The van der Waals surface area contributed by atoms with Gasteiger partial charge in [-0.3, -0.25) is 9.69 Å². The van der Waals surface area contributed by atoms with Crippen LogP contribution in [0.5, 0.6) is 0 Å². The van der Waals surface area contributed by atoms with E-state index in [0.29, 0.717) is 12.5 Å². The smallest absolute Gasteiger partial charge is 0.236 e. The highest BCUT2D eigenvalue weighted by molar-refractivity contribution is 5.78. The zero-order valence-electron chi connectivity index (χ0n) is 12.9. The van der Waals surface area contributed by atoms with Crippen LogP contribution in [-0.4, -0.2) is 79.5 Å². The fourth-order valence-corrected chi connectivity index (χ4v) is 2.24. The molecule has 1 atom stereocenters. The van der Waals surface area contributed by atoms with Gasteiger partial charge in [0.2, 0.25) is 5.91 Å². The molecule has 1 heterocycles. The van der Waals surface area contributed by atoms with Crippen LogP contribution in [0, 0.1) is 5.92 Å². The quantitative estimate of drug-likeness (QED) is 0.742. The second-order valence-corrected chi connectivity index (χ2v) is 6.02. The zero-order chi connectivity index (χ0) is 14.4. The number of carbonyl (C=O) groups is 1. The molecule has 1 saturated heterocycles. The third-order valence-electron chi connectivity index (χ3n) is 3.96. The molecule has 0 aromatic heterocycles. The molecular formula is C14H30N4O. The number of hydrogen-bond donors (Lipinski definition) is 1. The van der Waals surface area contributed by atoms with Gasteiger partial charge in [-0.25, -0.2) is 0 Å². The lowest BCUT2D eigenvalue weighted by molar-refractivity contribution is -0.133. The number of nitrogens with zero attached hydrogens (tertiary/aromatic N) is 3. The standard InChI is InChI=1S/C14H30N4O/c1-12(2)16(4)14(19)11-18-7-5-17(6-8-18)10-13(3)9-15/h12-13H,5-11,15H2,1-4H3. The molecule has 0 bridgehead atoms. The van der Waals surface area contributed by atoms with Crippen LogP contribution < -0.4 is 5.73 Å². The molecule has 1 unspecified atom stereocenters. The highest BCUT2D eigenvalue weighted by Gasteiger charge is 2.21. The van der Waals surface area contributed by atoms with E-state index in [9.17, 15) is 4.79 Å². The van der Waals surface area contributed by atoms with E-state index in [1.54, 1.807) is 0 Å². The van der Waals surface area contributed by atoms with Gasteiger partial charge in [0.05, 0.1) is 6.54 Å². The monoisotopic (exact) mass is 270 g/mol. The summed E-state index contributed by atoms with van der Waals surface area (Å²) < 4.78 is 0. The number of carbonyl (C=O) groups excluding carboxylic acids is 1. The predicted molar refractivity (Wildman–Crippen MR) is 79.0 cm³/mol. The molecule has 0 aromatic rings. The van der Waals surface area contributed by atoms with Gasteiger partial charge in [0.1, 0.15) is 0 Å². The Hall–Kier alpha value is -0.650. The minimum absolute atomic E-state index is 0.221. The van der Waals surface area contributed by atoms with E-state index in [0.717, 1.165) is 39.3 Å². The average Bonchev–Trinajstić information content (AvgIpc) is 2.39. The van der Waals surface area contributed by atoms with Crippen LogP contribution >= 0.6 is 0 Å². The number of piperazine rings is 1. The molecule has 2 N–H and O–H groups in total. The van der Waals surface area contributed by atoms with Crippen LogP contribution in [0.2, 0.25) is 0 Å². The van der Waals surface area contributed by atoms with Crippen molar-refractivity contribution >= 4 is 5.91 Å². The Morgan fingerprint density at radius 2 is 1.68 bits per heavy atom.